The second-order valence-corrected chi connectivity index (χ2v) is 9.19. The molecule has 1 N–H and O–H groups in total. The van der Waals surface area contributed by atoms with E-state index in [4.69, 9.17) is 9.47 Å². The van der Waals surface area contributed by atoms with Crippen molar-refractivity contribution in [2.24, 2.45) is 0 Å². The number of anilines is 3. The summed E-state index contributed by atoms with van der Waals surface area (Å²) in [4.78, 5) is 27.3. The molecule has 1 aliphatic carbocycles. The Morgan fingerprint density at radius 3 is 2.42 bits per heavy atom. The summed E-state index contributed by atoms with van der Waals surface area (Å²) in [6, 6.07) is 13.7. The Morgan fingerprint density at radius 2 is 1.74 bits per heavy atom. The van der Waals surface area contributed by atoms with Gasteiger partial charge in [-0.1, -0.05) is 24.3 Å². The number of para-hydroxylation sites is 1. The average molecular weight is 423 g/mol. The Balaban J connectivity index is 1.64. The van der Waals surface area contributed by atoms with Crippen LogP contribution < -0.4 is 10.2 Å². The fourth-order valence-electron chi connectivity index (χ4n) is 3.88. The number of fused-ring (bicyclic) bond motifs is 2. The van der Waals surface area contributed by atoms with Crippen LogP contribution in [0.2, 0.25) is 0 Å². The summed E-state index contributed by atoms with van der Waals surface area (Å²) in [5.41, 5.74) is 3.83. The molecule has 6 heteroatoms. The number of nitrogens with one attached hydrogen (secondary N) is 1. The van der Waals surface area contributed by atoms with Gasteiger partial charge in [-0.2, -0.15) is 0 Å². The van der Waals surface area contributed by atoms with Crippen LogP contribution in [0.3, 0.4) is 0 Å². The van der Waals surface area contributed by atoms with Gasteiger partial charge in [0.25, 0.3) is 5.91 Å². The maximum atomic E-state index is 13.3. The predicted octanol–water partition coefficient (Wildman–Crippen LogP) is 5.37. The van der Waals surface area contributed by atoms with E-state index >= 15 is 0 Å². The van der Waals surface area contributed by atoms with Crippen molar-refractivity contribution in [3.63, 3.8) is 0 Å². The van der Waals surface area contributed by atoms with E-state index in [2.05, 4.69) is 11.4 Å². The number of amides is 2. The first-order chi connectivity index (χ1) is 14.8. The lowest BCUT2D eigenvalue weighted by Crippen LogP contribution is -2.34. The molecule has 1 fully saturated rings. The lowest BCUT2D eigenvalue weighted by atomic mass is 9.96. The van der Waals surface area contributed by atoms with Crippen LogP contribution in [0.5, 0.6) is 0 Å². The Bertz CT molecular complexity index is 976. The third-order valence-electron chi connectivity index (χ3n) is 5.61. The first-order valence-corrected chi connectivity index (χ1v) is 11.0. The van der Waals surface area contributed by atoms with Crippen molar-refractivity contribution in [3.8, 4) is 0 Å². The molecule has 2 aromatic rings. The van der Waals surface area contributed by atoms with E-state index in [9.17, 15) is 9.59 Å². The molecule has 1 aliphatic heterocycles. The molecule has 2 aromatic carbocycles. The molecule has 0 atom stereocenters. The molecule has 31 heavy (non-hydrogen) atoms. The van der Waals surface area contributed by atoms with E-state index in [1.165, 1.54) is 0 Å². The summed E-state index contributed by atoms with van der Waals surface area (Å²) in [5.74, 6) is -0.100. The van der Waals surface area contributed by atoms with Gasteiger partial charge < -0.3 is 9.47 Å². The molecule has 4 rings (SSSR count). The van der Waals surface area contributed by atoms with Crippen LogP contribution in [0.4, 0.5) is 21.9 Å². The fourth-order valence-corrected chi connectivity index (χ4v) is 3.88. The zero-order chi connectivity index (χ0) is 22.0. The van der Waals surface area contributed by atoms with Gasteiger partial charge in [0.2, 0.25) is 0 Å². The molecule has 1 heterocycles. The van der Waals surface area contributed by atoms with Crippen molar-refractivity contribution in [2.75, 3.05) is 16.8 Å². The minimum Gasteiger partial charge on any atom is -0.444 e. The molecule has 1 saturated carbocycles. The summed E-state index contributed by atoms with van der Waals surface area (Å²) < 4.78 is 11.2. The van der Waals surface area contributed by atoms with Crippen LogP contribution in [0.25, 0.3) is 0 Å². The van der Waals surface area contributed by atoms with E-state index in [1.807, 2.05) is 57.2 Å². The van der Waals surface area contributed by atoms with Crippen molar-refractivity contribution in [1.82, 2.24) is 0 Å². The lowest BCUT2D eigenvalue weighted by molar-refractivity contribution is -0.126. The van der Waals surface area contributed by atoms with Crippen molar-refractivity contribution >= 4 is 29.1 Å². The second-order valence-electron chi connectivity index (χ2n) is 9.19. The largest absolute Gasteiger partial charge is 0.444 e. The van der Waals surface area contributed by atoms with Crippen molar-refractivity contribution in [1.29, 1.82) is 0 Å². The Labute approximate surface area is 183 Å². The van der Waals surface area contributed by atoms with Crippen LogP contribution >= 0.6 is 0 Å². The molecule has 2 aliphatic rings. The van der Waals surface area contributed by atoms with Gasteiger partial charge in [0.1, 0.15) is 12.2 Å². The predicted molar refractivity (Wildman–Crippen MR) is 121 cm³/mol. The lowest BCUT2D eigenvalue weighted by Gasteiger charge is -2.29. The Morgan fingerprint density at radius 1 is 1.03 bits per heavy atom. The number of hydrogen-bond donors (Lipinski definition) is 1. The number of aryl methyl sites for hydroxylation is 2. The zero-order valence-corrected chi connectivity index (χ0v) is 18.4. The summed E-state index contributed by atoms with van der Waals surface area (Å²) in [6.07, 6.45) is 4.52. The highest BCUT2D eigenvalue weighted by Crippen LogP contribution is 2.38. The van der Waals surface area contributed by atoms with Crippen molar-refractivity contribution < 1.29 is 19.1 Å². The second kappa shape index (κ2) is 8.71. The number of ether oxygens (including phenoxy) is 2. The van der Waals surface area contributed by atoms with Crippen LogP contribution in [-0.2, 0) is 27.1 Å². The number of benzene rings is 2. The normalized spacial score (nSPS) is 15.9. The summed E-state index contributed by atoms with van der Waals surface area (Å²) >= 11 is 0. The monoisotopic (exact) mass is 422 g/mol. The standard InChI is InChI=1S/C25H30N2O4/c1-25(2,3)31-24(29)26-19-14-13-18-12-11-17-7-4-5-10-21(17)27(22(18)15-19)23(28)16-30-20-8-6-9-20/h4-5,7,10,13-15,20H,6,8-9,11-12,16H2,1-3H3,(H,26,29). The summed E-state index contributed by atoms with van der Waals surface area (Å²) in [5, 5.41) is 2.79. The van der Waals surface area contributed by atoms with Gasteiger partial charge in [-0.3, -0.25) is 15.0 Å². The van der Waals surface area contributed by atoms with E-state index in [1.54, 1.807) is 4.90 Å². The average Bonchev–Trinajstić information content (AvgIpc) is 2.81. The zero-order valence-electron chi connectivity index (χ0n) is 18.4. The third-order valence-corrected chi connectivity index (χ3v) is 5.61. The maximum absolute atomic E-state index is 13.3. The van der Waals surface area contributed by atoms with Crippen molar-refractivity contribution in [3.05, 3.63) is 53.6 Å². The SMILES string of the molecule is CC(C)(C)OC(=O)Nc1ccc2c(c1)N(C(=O)COC1CCC1)c1ccccc1CC2. The minimum absolute atomic E-state index is 0.0438. The minimum atomic E-state index is -0.588. The van der Waals surface area contributed by atoms with Gasteiger partial charge in [-0.05, 0) is 82.2 Å². The number of rotatable bonds is 4. The van der Waals surface area contributed by atoms with Gasteiger partial charge in [0.05, 0.1) is 17.5 Å². The van der Waals surface area contributed by atoms with Gasteiger partial charge in [0.15, 0.2) is 0 Å². The van der Waals surface area contributed by atoms with Gasteiger partial charge in [0, 0.05) is 5.69 Å². The van der Waals surface area contributed by atoms with Gasteiger partial charge >= 0.3 is 6.09 Å². The van der Waals surface area contributed by atoms with E-state index in [0.717, 1.165) is 54.6 Å². The highest BCUT2D eigenvalue weighted by molar-refractivity contribution is 6.03. The number of hydrogen-bond acceptors (Lipinski definition) is 4. The molecule has 164 valence electrons. The van der Waals surface area contributed by atoms with E-state index in [-0.39, 0.29) is 18.6 Å². The molecule has 0 spiro atoms. The molecule has 0 bridgehead atoms. The summed E-state index contributed by atoms with van der Waals surface area (Å²) in [6.45, 7) is 5.51. The molecule has 0 saturated heterocycles. The molecule has 6 nitrogen and oxygen atoms in total. The van der Waals surface area contributed by atoms with Crippen molar-refractivity contribution in [2.45, 2.75) is 64.6 Å². The Kier molecular flexibility index (Phi) is 6.01. The van der Waals surface area contributed by atoms with Gasteiger partial charge in [-0.25, -0.2) is 4.79 Å². The molecule has 0 unspecified atom stereocenters. The fraction of sp³-hybridized carbons (Fsp3) is 0.440. The summed E-state index contributed by atoms with van der Waals surface area (Å²) in [7, 11) is 0. The quantitative estimate of drug-likeness (QED) is 0.720. The first kappa shape index (κ1) is 21.4. The molecular weight excluding hydrogens is 392 g/mol. The third kappa shape index (κ3) is 5.07. The molecular formula is C25H30N2O4. The van der Waals surface area contributed by atoms with Crippen LogP contribution in [-0.4, -0.2) is 30.3 Å². The van der Waals surface area contributed by atoms with Crippen LogP contribution in [0.1, 0.15) is 51.2 Å². The molecule has 0 aromatic heterocycles. The number of carbonyl (C=O) groups excluding carboxylic acids is 2. The maximum Gasteiger partial charge on any atom is 0.412 e. The molecule has 0 radical (unpaired) electrons. The highest BCUT2D eigenvalue weighted by atomic mass is 16.6. The van der Waals surface area contributed by atoms with E-state index < -0.39 is 11.7 Å². The number of carbonyl (C=O) groups is 2. The topological polar surface area (TPSA) is 67.9 Å². The highest BCUT2D eigenvalue weighted by Gasteiger charge is 2.28. The first-order valence-electron chi connectivity index (χ1n) is 11.0. The Hall–Kier alpha value is -2.86. The van der Waals surface area contributed by atoms with Gasteiger partial charge in [-0.15, -0.1) is 0 Å². The van der Waals surface area contributed by atoms with E-state index in [0.29, 0.717) is 5.69 Å². The van der Waals surface area contributed by atoms with Crippen LogP contribution in [0, 0.1) is 0 Å². The number of nitrogens with zero attached hydrogens (tertiary/aromatic N) is 1. The van der Waals surface area contributed by atoms with Crippen LogP contribution in [0.15, 0.2) is 42.5 Å². The smallest absolute Gasteiger partial charge is 0.412 e. The molecule has 2 amide bonds.